The van der Waals surface area contributed by atoms with Crippen molar-refractivity contribution in [1.82, 2.24) is 34.3 Å². The molecule has 0 amide bonds. The predicted molar refractivity (Wildman–Crippen MR) is 313 cm³/mol. The minimum atomic E-state index is 0.323. The molecule has 0 spiro atoms. The second-order valence-electron chi connectivity index (χ2n) is 26.8. The summed E-state index contributed by atoms with van der Waals surface area (Å²) in [4.78, 5) is 12.3. The van der Waals surface area contributed by atoms with Gasteiger partial charge >= 0.3 is 0 Å². The highest BCUT2D eigenvalue weighted by atomic mass is 16.5. The molecule has 5 aliphatic heterocycles. The van der Waals surface area contributed by atoms with Crippen LogP contribution in [0.4, 0.5) is 0 Å². The highest BCUT2D eigenvalue weighted by Crippen LogP contribution is 2.32. The average Bonchev–Trinajstić information content (AvgIpc) is 3.99. The van der Waals surface area contributed by atoms with Crippen LogP contribution in [0.2, 0.25) is 0 Å². The first kappa shape index (κ1) is 68.2. The molecule has 9 heteroatoms. The van der Waals surface area contributed by atoms with Gasteiger partial charge in [0, 0.05) is 81.6 Å². The van der Waals surface area contributed by atoms with Crippen LogP contribution in [0.3, 0.4) is 0 Å². The molecule has 9 nitrogen and oxygen atoms in total. The first-order valence-corrected chi connectivity index (χ1v) is 27.6. The summed E-state index contributed by atoms with van der Waals surface area (Å²) in [7, 11) is 4.38. The summed E-state index contributed by atoms with van der Waals surface area (Å²) in [6, 6.07) is 24.1. The van der Waals surface area contributed by atoms with E-state index in [4.69, 9.17) is 9.47 Å². The van der Waals surface area contributed by atoms with Gasteiger partial charge in [0.15, 0.2) is 0 Å². The highest BCUT2D eigenvalue weighted by Gasteiger charge is 2.33. The fourth-order valence-electron chi connectivity index (χ4n) is 7.50. The van der Waals surface area contributed by atoms with Gasteiger partial charge in [0.05, 0.1) is 25.5 Å². The van der Waals surface area contributed by atoms with Gasteiger partial charge in [-0.2, -0.15) is 5.10 Å². The minimum absolute atomic E-state index is 0.323. The van der Waals surface area contributed by atoms with E-state index < -0.39 is 0 Å². The Kier molecular flexibility index (Phi) is 31.9. The van der Waals surface area contributed by atoms with Crippen LogP contribution >= 0.6 is 0 Å². The summed E-state index contributed by atoms with van der Waals surface area (Å²) in [5.41, 5.74) is 4.94. The Morgan fingerprint density at radius 2 is 0.986 bits per heavy atom. The summed E-state index contributed by atoms with van der Waals surface area (Å²) in [6.45, 7) is 65.9. The molecular weight excluding hydrogens is 875 g/mol. The molecule has 4 fully saturated rings. The fourth-order valence-corrected chi connectivity index (χ4v) is 7.50. The molecule has 0 atom stereocenters. The summed E-state index contributed by atoms with van der Waals surface area (Å²) in [6.07, 6.45) is 1.38. The van der Waals surface area contributed by atoms with Crippen LogP contribution in [0.15, 0.2) is 72.8 Å². The van der Waals surface area contributed by atoms with E-state index in [1.165, 1.54) is 65.3 Å². The van der Waals surface area contributed by atoms with E-state index in [-0.39, 0.29) is 0 Å². The van der Waals surface area contributed by atoms with Crippen molar-refractivity contribution in [1.29, 1.82) is 0 Å². The molecular formula is C62H117N7O2. The third-order valence-corrected chi connectivity index (χ3v) is 11.9. The maximum absolute atomic E-state index is 5.40. The average molecular weight is 993 g/mol. The molecule has 71 heavy (non-hydrogen) atoms. The molecule has 0 saturated carbocycles. The number of likely N-dealkylation sites (tertiary alicyclic amines) is 2. The van der Waals surface area contributed by atoms with Crippen molar-refractivity contribution in [3.63, 3.8) is 0 Å². The number of nitrogens with zero attached hydrogens (tertiary/aromatic N) is 7. The number of ether oxygens (including phenoxy) is 2. The van der Waals surface area contributed by atoms with E-state index in [0.717, 1.165) is 62.5 Å². The topological polar surface area (TPSA) is 52.5 Å². The zero-order valence-corrected chi connectivity index (χ0v) is 51.3. The molecule has 4 saturated heterocycles. The van der Waals surface area contributed by atoms with Gasteiger partial charge < -0.3 is 24.2 Å². The highest BCUT2D eigenvalue weighted by molar-refractivity contribution is 5.60. The molecule has 0 aliphatic carbocycles. The van der Waals surface area contributed by atoms with Crippen LogP contribution in [0, 0.1) is 27.6 Å². The van der Waals surface area contributed by atoms with Crippen LogP contribution in [-0.2, 0) is 11.3 Å². The number of rotatable bonds is 2. The number of piperazine rings is 1. The Hall–Kier alpha value is -2.79. The molecule has 5 aliphatic rings. The van der Waals surface area contributed by atoms with Gasteiger partial charge in [-0.1, -0.05) is 178 Å². The lowest BCUT2D eigenvalue weighted by Gasteiger charge is -2.44. The van der Waals surface area contributed by atoms with Crippen LogP contribution in [0.5, 0.6) is 5.88 Å². The van der Waals surface area contributed by atoms with Crippen molar-refractivity contribution in [2.45, 2.75) is 176 Å². The van der Waals surface area contributed by atoms with Crippen LogP contribution in [0.25, 0.3) is 11.3 Å². The number of aromatic nitrogens is 2. The first-order valence-electron chi connectivity index (χ1n) is 27.6. The quantitative estimate of drug-likeness (QED) is 0.252. The van der Waals surface area contributed by atoms with Crippen LogP contribution in [0.1, 0.15) is 159 Å². The largest absolute Gasteiger partial charge is 0.476 e. The summed E-state index contributed by atoms with van der Waals surface area (Å²) in [5, 5.41) is 4.45. The third kappa shape index (κ3) is 35.1. The Balaban J connectivity index is 0.000000802. The molecule has 1 aromatic heterocycles. The number of hydrogen-bond donors (Lipinski definition) is 0. The van der Waals surface area contributed by atoms with Gasteiger partial charge in [0.25, 0.3) is 0 Å². The standard InChI is InChI=1S/C11H10N2O.C9H20N2.C8H17NO.2C8H17N.C6H6.2C5H12.C2H6/c1-2-4-9(5-3-1)10-8-11-13(12-10)6-7-14-11;1-9(2,3)11-7-5-10(4)6-8-11;1-8(2,3)9-4-6-10-7-5-9;1-8(2,3)7-5-9(4)6-7;1-4-9-6-5-8(2,3)7-9;1-2-4-6-5-3-1;2*1-5(2,3)4;1-2/h1-5,8H,6-7H2;5-8H2,1-4H3;4-7H2,1-3H3;7H,5-6H2,1-4H3;4-7H2,1-3H3;1-6H;2*1-4H3;1-2H3. The molecule has 2 aromatic carbocycles. The van der Waals surface area contributed by atoms with Crippen LogP contribution in [-0.4, -0.2) is 151 Å². The number of likely N-dealkylation sites (N-methyl/N-ethyl adjacent to an activating group) is 1. The smallest absolute Gasteiger partial charge is 0.212 e. The molecule has 0 radical (unpaired) electrons. The van der Waals surface area contributed by atoms with Crippen molar-refractivity contribution >= 4 is 0 Å². The van der Waals surface area contributed by atoms with Crippen molar-refractivity contribution < 1.29 is 9.47 Å². The van der Waals surface area contributed by atoms with E-state index in [0.29, 0.717) is 32.7 Å². The van der Waals surface area contributed by atoms with Crippen molar-refractivity contribution in [2.75, 3.05) is 106 Å². The Bertz CT molecular complexity index is 1630. The lowest BCUT2D eigenvalue weighted by molar-refractivity contribution is -0.00389. The van der Waals surface area contributed by atoms with Crippen molar-refractivity contribution in [3.05, 3.63) is 72.8 Å². The molecule has 6 heterocycles. The number of hydrogen-bond acceptors (Lipinski definition) is 8. The number of morpholine rings is 1. The predicted octanol–water partition coefficient (Wildman–Crippen LogP) is 14.2. The molecule has 3 aromatic rings. The zero-order chi connectivity index (χ0) is 54.7. The van der Waals surface area contributed by atoms with Gasteiger partial charge in [-0.25, -0.2) is 4.68 Å². The number of fused-ring (bicyclic) bond motifs is 1. The lowest BCUT2D eigenvalue weighted by Crippen LogP contribution is -2.52. The van der Waals surface area contributed by atoms with E-state index in [2.05, 4.69) is 194 Å². The normalized spacial score (nSPS) is 18.6. The summed E-state index contributed by atoms with van der Waals surface area (Å²) >= 11 is 0. The maximum Gasteiger partial charge on any atom is 0.212 e. The van der Waals surface area contributed by atoms with Gasteiger partial charge in [0.1, 0.15) is 6.61 Å². The Morgan fingerprint density at radius 1 is 0.563 bits per heavy atom. The molecule has 0 unspecified atom stereocenters. The molecule has 0 bridgehead atoms. The Morgan fingerprint density at radius 3 is 1.30 bits per heavy atom. The van der Waals surface area contributed by atoms with Crippen molar-refractivity contribution in [2.24, 2.45) is 27.6 Å². The SMILES string of the molecule is CC.CC(C)(C)C.CC(C)(C)C.CC(C)(C)N1CCOCC1.CCN1CCC(C)(C)C1.CN1CC(C(C)(C)C)C1.CN1CCN(C(C)(C)C)CC1.c1ccc(-c2cc3n(n2)CCO3)cc1.c1ccccc1. The second-order valence-corrected chi connectivity index (χ2v) is 26.8. The maximum atomic E-state index is 5.40. The molecule has 8 rings (SSSR count). The lowest BCUT2D eigenvalue weighted by atomic mass is 9.76. The van der Waals surface area contributed by atoms with Gasteiger partial charge in [-0.3, -0.25) is 9.80 Å². The Labute approximate surface area is 441 Å². The minimum Gasteiger partial charge on any atom is -0.476 e. The molecule has 0 N–H and O–H groups in total. The van der Waals surface area contributed by atoms with E-state index in [1.54, 1.807) is 0 Å². The van der Waals surface area contributed by atoms with Crippen molar-refractivity contribution in [3.8, 4) is 17.1 Å². The molecule has 412 valence electrons. The third-order valence-electron chi connectivity index (χ3n) is 11.9. The van der Waals surface area contributed by atoms with E-state index in [9.17, 15) is 0 Å². The first-order chi connectivity index (χ1) is 32.7. The van der Waals surface area contributed by atoms with Gasteiger partial charge in [0.2, 0.25) is 5.88 Å². The summed E-state index contributed by atoms with van der Waals surface area (Å²) < 4.78 is 12.6. The zero-order valence-electron chi connectivity index (χ0n) is 51.3. The van der Waals surface area contributed by atoms with Gasteiger partial charge in [-0.05, 0) is 103 Å². The number of benzene rings is 2. The van der Waals surface area contributed by atoms with Gasteiger partial charge in [-0.15, -0.1) is 0 Å². The van der Waals surface area contributed by atoms with Crippen LogP contribution < -0.4 is 4.74 Å². The van der Waals surface area contributed by atoms with E-state index in [1.807, 2.05) is 79.2 Å². The summed E-state index contributed by atoms with van der Waals surface area (Å²) in [5.74, 6) is 1.81. The van der Waals surface area contributed by atoms with E-state index >= 15 is 0 Å². The second kappa shape index (κ2) is 33.2. The monoisotopic (exact) mass is 992 g/mol. The fraction of sp³-hybridized carbons (Fsp3) is 0.758.